The van der Waals surface area contributed by atoms with E-state index >= 15 is 0 Å². The van der Waals surface area contributed by atoms with Crippen LogP contribution in [0.5, 0.6) is 0 Å². The lowest BCUT2D eigenvalue weighted by Crippen LogP contribution is -2.53. The molecule has 2 fully saturated rings. The van der Waals surface area contributed by atoms with Crippen LogP contribution < -0.4 is 10.2 Å². The van der Waals surface area contributed by atoms with Crippen LogP contribution in [0.25, 0.3) is 0 Å². The number of anilines is 1. The third kappa shape index (κ3) is 7.30. The van der Waals surface area contributed by atoms with E-state index in [0.717, 1.165) is 50.3 Å². The molecule has 5 rings (SSSR count). The van der Waals surface area contributed by atoms with Crippen molar-refractivity contribution in [3.63, 3.8) is 0 Å². The summed E-state index contributed by atoms with van der Waals surface area (Å²) in [5, 5.41) is 3.29. The summed E-state index contributed by atoms with van der Waals surface area (Å²) >= 11 is 15.9. The van der Waals surface area contributed by atoms with Crippen LogP contribution in [-0.4, -0.2) is 66.0 Å². The van der Waals surface area contributed by atoms with Gasteiger partial charge in [0.2, 0.25) is 0 Å². The number of hydrogen-bond acceptors (Lipinski definition) is 5. The number of piperazine rings is 1. The molecule has 6 nitrogen and oxygen atoms in total. The van der Waals surface area contributed by atoms with Crippen molar-refractivity contribution in [1.82, 2.24) is 20.1 Å². The highest BCUT2D eigenvalue weighted by atomic mass is 79.9. The molecule has 10 heteroatoms. The van der Waals surface area contributed by atoms with Gasteiger partial charge in [0.05, 0.1) is 15.6 Å². The van der Waals surface area contributed by atoms with Gasteiger partial charge >= 0.3 is 0 Å². The van der Waals surface area contributed by atoms with E-state index in [1.54, 1.807) is 18.3 Å². The van der Waals surface area contributed by atoms with Crippen molar-refractivity contribution in [1.29, 1.82) is 0 Å². The molecule has 3 heterocycles. The van der Waals surface area contributed by atoms with E-state index in [9.17, 15) is 9.18 Å². The molecule has 0 spiro atoms. The Kier molecular flexibility index (Phi) is 9.40. The van der Waals surface area contributed by atoms with Crippen LogP contribution in [-0.2, 0) is 13.1 Å². The number of rotatable bonds is 7. The summed E-state index contributed by atoms with van der Waals surface area (Å²) in [5.74, 6) is -0.0766. The highest BCUT2D eigenvalue weighted by Gasteiger charge is 2.28. The van der Waals surface area contributed by atoms with Crippen LogP contribution in [0.15, 0.2) is 59.2 Å². The molecule has 39 heavy (non-hydrogen) atoms. The van der Waals surface area contributed by atoms with Crippen molar-refractivity contribution in [2.45, 2.75) is 32.0 Å². The number of aromatic nitrogens is 1. The van der Waals surface area contributed by atoms with E-state index < -0.39 is 5.82 Å². The number of pyridine rings is 1. The Morgan fingerprint density at radius 2 is 1.64 bits per heavy atom. The maximum absolute atomic E-state index is 13.4. The van der Waals surface area contributed by atoms with Crippen LogP contribution >= 0.6 is 39.1 Å². The molecule has 1 N–H and O–H groups in total. The molecule has 0 unspecified atom stereocenters. The minimum atomic E-state index is -0.489. The van der Waals surface area contributed by atoms with Gasteiger partial charge in [-0.1, -0.05) is 57.3 Å². The molecule has 1 amide bonds. The van der Waals surface area contributed by atoms with Crippen molar-refractivity contribution in [3.05, 3.63) is 91.8 Å². The summed E-state index contributed by atoms with van der Waals surface area (Å²) in [4.78, 5) is 24.5. The third-order valence-corrected chi connectivity index (χ3v) is 8.62. The van der Waals surface area contributed by atoms with Gasteiger partial charge in [0.25, 0.3) is 5.91 Å². The fourth-order valence-corrected chi connectivity index (χ4v) is 6.06. The van der Waals surface area contributed by atoms with Gasteiger partial charge in [-0.2, -0.15) is 0 Å². The molecule has 1 aromatic heterocycles. The minimum absolute atomic E-state index is 0.0260. The molecule has 0 aliphatic carbocycles. The van der Waals surface area contributed by atoms with Crippen LogP contribution in [0.2, 0.25) is 10.0 Å². The molecule has 0 atom stereocenters. The maximum Gasteiger partial charge on any atom is 0.253 e. The lowest BCUT2D eigenvalue weighted by molar-refractivity contribution is 0.0950. The maximum atomic E-state index is 13.4. The first-order chi connectivity index (χ1) is 18.9. The number of carbonyl (C=O) groups is 1. The van der Waals surface area contributed by atoms with E-state index in [1.807, 2.05) is 0 Å². The summed E-state index contributed by atoms with van der Waals surface area (Å²) in [5.41, 5.74) is 2.44. The highest BCUT2D eigenvalue weighted by Crippen LogP contribution is 2.27. The Morgan fingerprint density at radius 3 is 2.31 bits per heavy atom. The van der Waals surface area contributed by atoms with E-state index in [0.29, 0.717) is 28.0 Å². The summed E-state index contributed by atoms with van der Waals surface area (Å²) in [6.07, 6.45) is 3.93. The molecule has 2 aliphatic rings. The predicted octanol–water partition coefficient (Wildman–Crippen LogP) is 6.01. The molecule has 2 aliphatic heterocycles. The molecule has 0 saturated carbocycles. The van der Waals surface area contributed by atoms with Gasteiger partial charge in [-0.05, 0) is 67.4 Å². The van der Waals surface area contributed by atoms with Crippen molar-refractivity contribution in [2.24, 2.45) is 0 Å². The minimum Gasteiger partial charge on any atom is -0.353 e. The van der Waals surface area contributed by atoms with E-state index in [2.05, 4.69) is 65.2 Å². The lowest BCUT2D eigenvalue weighted by atomic mass is 10.0. The average molecular weight is 635 g/mol. The number of amides is 1. The number of benzene rings is 2. The van der Waals surface area contributed by atoms with Crippen LogP contribution in [0, 0.1) is 5.82 Å². The molecule has 0 bridgehead atoms. The molecule has 2 aromatic carbocycles. The highest BCUT2D eigenvalue weighted by molar-refractivity contribution is 9.10. The Hall–Kier alpha value is -2.23. The molecular weight excluding hydrogens is 604 g/mol. The second-order valence-corrected chi connectivity index (χ2v) is 11.8. The first kappa shape index (κ1) is 28.3. The van der Waals surface area contributed by atoms with Crippen molar-refractivity contribution < 1.29 is 9.18 Å². The molecule has 3 aromatic rings. The summed E-state index contributed by atoms with van der Waals surface area (Å²) in [6.45, 7) is 7.11. The Bertz CT molecular complexity index is 1300. The van der Waals surface area contributed by atoms with Gasteiger partial charge in [-0.15, -0.1) is 0 Å². The topological polar surface area (TPSA) is 51.7 Å². The third-order valence-electron chi connectivity index (χ3n) is 7.53. The van der Waals surface area contributed by atoms with Gasteiger partial charge in [0.1, 0.15) is 11.6 Å². The second kappa shape index (κ2) is 13.0. The summed E-state index contributed by atoms with van der Waals surface area (Å²) in [6, 6.07) is 15.2. The zero-order valence-corrected chi connectivity index (χ0v) is 24.7. The van der Waals surface area contributed by atoms with Gasteiger partial charge in [-0.25, -0.2) is 9.37 Å². The first-order valence-electron chi connectivity index (χ1n) is 13.2. The smallest absolute Gasteiger partial charge is 0.253 e. The summed E-state index contributed by atoms with van der Waals surface area (Å²) < 4.78 is 14.5. The number of nitrogens with one attached hydrogen (secondary N) is 1. The largest absolute Gasteiger partial charge is 0.353 e. The zero-order chi connectivity index (χ0) is 27.4. The number of carbonyl (C=O) groups excluding carboxylic acids is 1. The Balaban J connectivity index is 1.08. The number of likely N-dealkylation sites (tertiary alicyclic amines) is 1. The SMILES string of the molecule is O=C(NCc1ccc(F)c(Cl)c1)c1cnc(N2CCN(C3CCN(Cc4ccc(Br)cc4)CC3)CC2)c(Cl)c1. The number of halogens is 4. The normalized spacial score (nSPS) is 17.4. The first-order valence-corrected chi connectivity index (χ1v) is 14.7. The van der Waals surface area contributed by atoms with Gasteiger partial charge in [0.15, 0.2) is 0 Å². The number of hydrogen-bond donors (Lipinski definition) is 1. The monoisotopic (exact) mass is 633 g/mol. The fourth-order valence-electron chi connectivity index (χ4n) is 5.31. The second-order valence-electron chi connectivity index (χ2n) is 10.1. The van der Waals surface area contributed by atoms with Gasteiger partial charge in [0, 0.05) is 56.0 Å². The number of nitrogens with zero attached hydrogens (tertiary/aromatic N) is 4. The molecule has 0 radical (unpaired) electrons. The fraction of sp³-hybridized carbons (Fsp3) is 0.379. The quantitative estimate of drug-likeness (QED) is 0.345. The van der Waals surface area contributed by atoms with E-state index in [1.165, 1.54) is 30.5 Å². The predicted molar refractivity (Wildman–Crippen MR) is 158 cm³/mol. The summed E-state index contributed by atoms with van der Waals surface area (Å²) in [7, 11) is 0. The van der Waals surface area contributed by atoms with E-state index in [-0.39, 0.29) is 17.5 Å². The van der Waals surface area contributed by atoms with Crippen LogP contribution in [0.3, 0.4) is 0 Å². The van der Waals surface area contributed by atoms with Crippen LogP contribution in [0.4, 0.5) is 10.2 Å². The lowest BCUT2D eigenvalue weighted by Gasteiger charge is -2.43. The molecular formula is C29H31BrCl2FN5O. The van der Waals surface area contributed by atoms with Gasteiger partial charge in [-0.3, -0.25) is 14.6 Å². The standard InChI is InChI=1S/C29H31BrCl2FN5O/c30-23-4-1-20(2-5-23)19-36-9-7-24(8-10-36)37-11-13-38(14-12-37)28-26(32)16-22(18-34-28)29(39)35-17-21-3-6-27(33)25(31)15-21/h1-6,15-16,18,24H,7-14,17,19H2,(H,35,39). The number of piperidine rings is 1. The van der Waals surface area contributed by atoms with E-state index in [4.69, 9.17) is 23.2 Å². The van der Waals surface area contributed by atoms with Gasteiger partial charge < -0.3 is 10.2 Å². The molecule has 206 valence electrons. The van der Waals surface area contributed by atoms with Crippen molar-refractivity contribution in [2.75, 3.05) is 44.2 Å². The van der Waals surface area contributed by atoms with Crippen molar-refractivity contribution >= 4 is 50.9 Å². The van der Waals surface area contributed by atoms with Crippen molar-refractivity contribution in [3.8, 4) is 0 Å². The zero-order valence-electron chi connectivity index (χ0n) is 21.6. The average Bonchev–Trinajstić information content (AvgIpc) is 2.95. The molecule has 2 saturated heterocycles. The van der Waals surface area contributed by atoms with Crippen LogP contribution in [0.1, 0.15) is 34.3 Å². The Morgan fingerprint density at radius 1 is 0.949 bits per heavy atom. The Labute approximate surface area is 247 Å².